The molecular weight excluding hydrogens is 274 g/mol. The second-order valence-electron chi connectivity index (χ2n) is 5.14. The van der Waals surface area contributed by atoms with Crippen LogP contribution in [0.3, 0.4) is 0 Å². The number of amides is 1. The fourth-order valence-corrected chi connectivity index (χ4v) is 3.20. The summed E-state index contributed by atoms with van der Waals surface area (Å²) < 4.78 is 6.33. The van der Waals surface area contributed by atoms with Gasteiger partial charge in [0.15, 0.2) is 0 Å². The molecule has 3 N–H and O–H groups in total. The van der Waals surface area contributed by atoms with Crippen LogP contribution in [0.2, 0.25) is 0 Å². The molecule has 0 bridgehead atoms. The van der Waals surface area contributed by atoms with E-state index in [9.17, 15) is 4.79 Å². The summed E-state index contributed by atoms with van der Waals surface area (Å²) in [6.07, 6.45) is 1.11. The Morgan fingerprint density at radius 2 is 2.20 bits per heavy atom. The molecule has 1 amide bonds. The SMILES string of the molecule is Cc1nc2ccc(NC(=O)C3(N)CCOCC3)cc2s1. The maximum absolute atomic E-state index is 12.3. The van der Waals surface area contributed by atoms with Crippen molar-refractivity contribution in [3.8, 4) is 0 Å². The molecule has 0 aliphatic carbocycles. The number of aromatic nitrogens is 1. The Morgan fingerprint density at radius 3 is 2.95 bits per heavy atom. The number of carbonyl (C=O) groups excluding carboxylic acids is 1. The highest BCUT2D eigenvalue weighted by atomic mass is 32.1. The molecule has 0 spiro atoms. The number of carbonyl (C=O) groups is 1. The molecular formula is C14H17N3O2S. The van der Waals surface area contributed by atoms with Crippen molar-refractivity contribution in [1.82, 2.24) is 4.98 Å². The molecule has 0 unspecified atom stereocenters. The average Bonchev–Trinajstić information content (AvgIpc) is 2.79. The van der Waals surface area contributed by atoms with Gasteiger partial charge in [0, 0.05) is 18.9 Å². The van der Waals surface area contributed by atoms with Crippen molar-refractivity contribution in [2.45, 2.75) is 25.3 Å². The van der Waals surface area contributed by atoms with E-state index in [0.717, 1.165) is 20.9 Å². The molecule has 0 saturated carbocycles. The normalized spacial score (nSPS) is 18.1. The lowest BCUT2D eigenvalue weighted by Gasteiger charge is -2.31. The first-order valence-electron chi connectivity index (χ1n) is 6.62. The van der Waals surface area contributed by atoms with Crippen molar-refractivity contribution < 1.29 is 9.53 Å². The first kappa shape index (κ1) is 13.5. The molecule has 5 nitrogen and oxygen atoms in total. The van der Waals surface area contributed by atoms with E-state index in [4.69, 9.17) is 10.5 Å². The molecule has 1 saturated heterocycles. The Morgan fingerprint density at radius 1 is 1.45 bits per heavy atom. The fraction of sp³-hybridized carbons (Fsp3) is 0.429. The third-order valence-corrected chi connectivity index (χ3v) is 4.52. The summed E-state index contributed by atoms with van der Waals surface area (Å²) in [5.41, 5.74) is 7.07. The number of ether oxygens (including phenoxy) is 1. The lowest BCUT2D eigenvalue weighted by Crippen LogP contribution is -2.54. The maximum Gasteiger partial charge on any atom is 0.244 e. The molecule has 2 aromatic rings. The van der Waals surface area contributed by atoms with E-state index in [1.165, 1.54) is 0 Å². The zero-order valence-electron chi connectivity index (χ0n) is 11.3. The molecule has 3 rings (SSSR count). The Labute approximate surface area is 121 Å². The molecule has 1 aromatic carbocycles. The van der Waals surface area contributed by atoms with Gasteiger partial charge in [-0.3, -0.25) is 4.79 Å². The van der Waals surface area contributed by atoms with Crippen LogP contribution in [0, 0.1) is 6.92 Å². The zero-order chi connectivity index (χ0) is 14.2. The molecule has 0 radical (unpaired) electrons. The lowest BCUT2D eigenvalue weighted by atomic mass is 9.90. The molecule has 0 atom stereocenters. The largest absolute Gasteiger partial charge is 0.381 e. The number of hydrogen-bond acceptors (Lipinski definition) is 5. The Kier molecular flexibility index (Phi) is 3.45. The fourth-order valence-electron chi connectivity index (χ4n) is 2.34. The third kappa shape index (κ3) is 2.54. The number of rotatable bonds is 2. The van der Waals surface area contributed by atoms with Gasteiger partial charge >= 0.3 is 0 Å². The van der Waals surface area contributed by atoms with E-state index in [1.54, 1.807) is 11.3 Å². The summed E-state index contributed by atoms with van der Waals surface area (Å²) in [7, 11) is 0. The van der Waals surface area contributed by atoms with E-state index in [0.29, 0.717) is 26.1 Å². The number of nitrogens with one attached hydrogen (secondary N) is 1. The summed E-state index contributed by atoms with van der Waals surface area (Å²) in [5, 5.41) is 3.93. The van der Waals surface area contributed by atoms with Crippen molar-refractivity contribution >= 4 is 33.1 Å². The molecule has 6 heteroatoms. The quantitative estimate of drug-likeness (QED) is 0.887. The third-order valence-electron chi connectivity index (χ3n) is 3.59. The smallest absolute Gasteiger partial charge is 0.244 e. The number of nitrogens with two attached hydrogens (primary N) is 1. The Bertz CT molecular complexity index is 647. The monoisotopic (exact) mass is 291 g/mol. The second-order valence-corrected chi connectivity index (χ2v) is 6.37. The summed E-state index contributed by atoms with van der Waals surface area (Å²) >= 11 is 1.61. The number of thiazole rings is 1. The van der Waals surface area contributed by atoms with E-state index in [1.807, 2.05) is 25.1 Å². The van der Waals surface area contributed by atoms with E-state index in [-0.39, 0.29) is 5.91 Å². The van der Waals surface area contributed by atoms with Gasteiger partial charge < -0.3 is 15.8 Å². The van der Waals surface area contributed by atoms with Crippen molar-refractivity contribution in [2.24, 2.45) is 5.73 Å². The Hall–Kier alpha value is -1.50. The van der Waals surface area contributed by atoms with Crippen LogP contribution in [0.15, 0.2) is 18.2 Å². The minimum atomic E-state index is -0.823. The van der Waals surface area contributed by atoms with Gasteiger partial charge in [0.1, 0.15) is 5.54 Å². The standard InChI is InChI=1S/C14H17N3O2S/c1-9-16-11-3-2-10(8-12(11)20-9)17-13(18)14(15)4-6-19-7-5-14/h2-3,8H,4-7,15H2,1H3,(H,17,18). The molecule has 1 aliphatic heterocycles. The van der Waals surface area contributed by atoms with E-state index in [2.05, 4.69) is 10.3 Å². The van der Waals surface area contributed by atoms with Gasteiger partial charge in [-0.15, -0.1) is 11.3 Å². The van der Waals surface area contributed by atoms with Gasteiger partial charge in [-0.1, -0.05) is 0 Å². The lowest BCUT2D eigenvalue weighted by molar-refractivity contribution is -0.124. The van der Waals surface area contributed by atoms with Crippen LogP contribution >= 0.6 is 11.3 Å². The molecule has 1 aliphatic rings. The van der Waals surface area contributed by atoms with Gasteiger partial charge in [-0.05, 0) is 38.0 Å². The minimum Gasteiger partial charge on any atom is -0.381 e. The average molecular weight is 291 g/mol. The van der Waals surface area contributed by atoms with E-state index < -0.39 is 5.54 Å². The maximum atomic E-state index is 12.3. The predicted octanol–water partition coefficient (Wildman–Crippen LogP) is 2.05. The van der Waals surface area contributed by atoms with Gasteiger partial charge in [0.25, 0.3) is 0 Å². The topological polar surface area (TPSA) is 77.2 Å². The number of hydrogen-bond donors (Lipinski definition) is 2. The minimum absolute atomic E-state index is 0.138. The molecule has 2 heterocycles. The number of fused-ring (bicyclic) bond motifs is 1. The van der Waals surface area contributed by atoms with Crippen molar-refractivity contribution in [2.75, 3.05) is 18.5 Å². The van der Waals surface area contributed by atoms with Crippen LogP contribution in [-0.4, -0.2) is 29.6 Å². The molecule has 106 valence electrons. The van der Waals surface area contributed by atoms with Gasteiger partial charge in [0.05, 0.1) is 15.2 Å². The molecule has 20 heavy (non-hydrogen) atoms. The predicted molar refractivity (Wildman–Crippen MR) is 80.0 cm³/mol. The second kappa shape index (κ2) is 5.12. The van der Waals surface area contributed by atoms with Gasteiger partial charge in [-0.25, -0.2) is 4.98 Å². The molecule has 1 fully saturated rings. The number of nitrogens with zero attached hydrogens (tertiary/aromatic N) is 1. The van der Waals surface area contributed by atoms with Gasteiger partial charge in [-0.2, -0.15) is 0 Å². The highest BCUT2D eigenvalue weighted by Gasteiger charge is 2.35. The number of aryl methyl sites for hydroxylation is 1. The first-order valence-corrected chi connectivity index (χ1v) is 7.44. The van der Waals surface area contributed by atoms with Crippen molar-refractivity contribution in [3.63, 3.8) is 0 Å². The van der Waals surface area contributed by atoms with Crippen LogP contribution in [0.25, 0.3) is 10.2 Å². The van der Waals surface area contributed by atoms with Crippen LogP contribution in [0.4, 0.5) is 5.69 Å². The summed E-state index contributed by atoms with van der Waals surface area (Å²) in [6, 6.07) is 5.73. The van der Waals surface area contributed by atoms with Crippen molar-refractivity contribution in [1.29, 1.82) is 0 Å². The number of anilines is 1. The summed E-state index contributed by atoms with van der Waals surface area (Å²) in [6.45, 7) is 3.05. The van der Waals surface area contributed by atoms with Crippen LogP contribution < -0.4 is 11.1 Å². The van der Waals surface area contributed by atoms with Gasteiger partial charge in [0.2, 0.25) is 5.91 Å². The van der Waals surface area contributed by atoms with Crippen LogP contribution in [0.1, 0.15) is 17.8 Å². The summed E-state index contributed by atoms with van der Waals surface area (Å²) in [5.74, 6) is -0.138. The zero-order valence-corrected chi connectivity index (χ0v) is 12.1. The highest BCUT2D eigenvalue weighted by molar-refractivity contribution is 7.18. The number of benzene rings is 1. The summed E-state index contributed by atoms with van der Waals surface area (Å²) in [4.78, 5) is 16.7. The Balaban J connectivity index is 1.79. The first-order chi connectivity index (χ1) is 9.57. The van der Waals surface area contributed by atoms with Crippen molar-refractivity contribution in [3.05, 3.63) is 23.2 Å². The van der Waals surface area contributed by atoms with E-state index >= 15 is 0 Å². The van der Waals surface area contributed by atoms with Crippen LogP contribution in [-0.2, 0) is 9.53 Å². The van der Waals surface area contributed by atoms with Crippen LogP contribution in [0.5, 0.6) is 0 Å². The molecule has 1 aromatic heterocycles. The highest BCUT2D eigenvalue weighted by Crippen LogP contribution is 2.26.